The average Bonchev–Trinajstić information content (AvgIpc) is 2.57. The summed E-state index contributed by atoms with van der Waals surface area (Å²) in [6.07, 6.45) is 0.676. The smallest absolute Gasteiger partial charge is 0.242 e. The Morgan fingerprint density at radius 3 is 2.40 bits per heavy atom. The molecule has 0 aliphatic heterocycles. The maximum Gasteiger partial charge on any atom is 0.242 e. The zero-order chi connectivity index (χ0) is 18.4. The maximum atomic E-state index is 12.4. The van der Waals surface area contributed by atoms with Gasteiger partial charge in [0.15, 0.2) is 0 Å². The summed E-state index contributed by atoms with van der Waals surface area (Å²) < 4.78 is 26.1. The molecule has 134 valence electrons. The first kappa shape index (κ1) is 19.4. The molecule has 1 amide bonds. The third-order valence-electron chi connectivity index (χ3n) is 3.82. The molecule has 0 aliphatic rings. The van der Waals surface area contributed by atoms with Gasteiger partial charge >= 0.3 is 0 Å². The van der Waals surface area contributed by atoms with Crippen molar-refractivity contribution in [2.24, 2.45) is 0 Å². The Labute approximate surface area is 153 Å². The fraction of sp³-hybridized carbons (Fsp3) is 0.278. The van der Waals surface area contributed by atoms with Gasteiger partial charge in [-0.2, -0.15) is 0 Å². The van der Waals surface area contributed by atoms with Crippen LogP contribution in [0.2, 0.25) is 5.02 Å². The van der Waals surface area contributed by atoms with E-state index in [-0.39, 0.29) is 23.8 Å². The molecule has 5 nitrogen and oxygen atoms in total. The number of nitrogens with one attached hydrogen (secondary N) is 1. The van der Waals surface area contributed by atoms with Gasteiger partial charge in [-0.25, -0.2) is 12.7 Å². The number of anilines is 1. The Bertz CT molecular complexity index is 836. The fourth-order valence-corrected chi connectivity index (χ4v) is 3.63. The van der Waals surface area contributed by atoms with Crippen LogP contribution >= 0.6 is 11.6 Å². The summed E-state index contributed by atoms with van der Waals surface area (Å²) in [7, 11) is -2.07. The number of nitrogens with zero attached hydrogens (tertiary/aromatic N) is 1. The Hall–Kier alpha value is -1.89. The van der Waals surface area contributed by atoms with Gasteiger partial charge in [-0.15, -0.1) is 0 Å². The molecule has 0 aliphatic carbocycles. The van der Waals surface area contributed by atoms with Crippen LogP contribution in [0.3, 0.4) is 0 Å². The van der Waals surface area contributed by atoms with Crippen molar-refractivity contribution in [3.8, 4) is 0 Å². The van der Waals surface area contributed by atoms with Gasteiger partial charge in [0, 0.05) is 30.7 Å². The van der Waals surface area contributed by atoms with Crippen LogP contribution in [0.5, 0.6) is 0 Å². The summed E-state index contributed by atoms with van der Waals surface area (Å²) in [5.74, 6) is -0.133. The first-order valence-electron chi connectivity index (χ1n) is 7.88. The quantitative estimate of drug-likeness (QED) is 0.796. The number of para-hydroxylation sites is 1. The lowest BCUT2D eigenvalue weighted by Gasteiger charge is -2.17. The highest BCUT2D eigenvalue weighted by Crippen LogP contribution is 2.18. The molecule has 0 saturated carbocycles. The number of carbonyl (C=O) groups is 1. The van der Waals surface area contributed by atoms with Crippen LogP contribution in [-0.2, 0) is 14.8 Å². The molecule has 2 aromatic rings. The van der Waals surface area contributed by atoms with E-state index in [1.165, 1.54) is 35.6 Å². The summed E-state index contributed by atoms with van der Waals surface area (Å²) in [6, 6.07) is 13.5. The predicted octanol–water partition coefficient (Wildman–Crippen LogP) is 3.69. The van der Waals surface area contributed by atoms with Crippen molar-refractivity contribution >= 4 is 33.2 Å². The van der Waals surface area contributed by atoms with Crippen LogP contribution in [0.4, 0.5) is 5.69 Å². The largest absolute Gasteiger partial charge is 0.326 e. The first-order valence-corrected chi connectivity index (χ1v) is 9.70. The molecule has 0 saturated heterocycles. The van der Waals surface area contributed by atoms with Gasteiger partial charge in [0.1, 0.15) is 0 Å². The summed E-state index contributed by atoms with van der Waals surface area (Å²) in [4.78, 5) is 12.2. The second-order valence-electron chi connectivity index (χ2n) is 5.75. The number of halogens is 1. The van der Waals surface area contributed by atoms with Crippen LogP contribution in [0.1, 0.15) is 18.4 Å². The van der Waals surface area contributed by atoms with Crippen LogP contribution < -0.4 is 5.32 Å². The monoisotopic (exact) mass is 380 g/mol. The Morgan fingerprint density at radius 1 is 1.12 bits per heavy atom. The molecular formula is C18H21ClN2O3S. The van der Waals surface area contributed by atoms with E-state index in [1.807, 2.05) is 31.2 Å². The van der Waals surface area contributed by atoms with Crippen molar-refractivity contribution in [3.63, 3.8) is 0 Å². The van der Waals surface area contributed by atoms with Crippen LogP contribution in [0.15, 0.2) is 53.4 Å². The zero-order valence-corrected chi connectivity index (χ0v) is 15.8. The highest BCUT2D eigenvalue weighted by atomic mass is 35.5. The number of hydrogen-bond donors (Lipinski definition) is 1. The molecule has 0 bridgehead atoms. The third-order valence-corrected chi connectivity index (χ3v) is 5.94. The van der Waals surface area contributed by atoms with Crippen LogP contribution in [0, 0.1) is 6.92 Å². The molecule has 0 radical (unpaired) electrons. The minimum absolute atomic E-state index is 0.133. The van der Waals surface area contributed by atoms with Crippen molar-refractivity contribution in [2.45, 2.75) is 24.7 Å². The first-order chi connectivity index (χ1) is 11.8. The van der Waals surface area contributed by atoms with Crippen molar-refractivity contribution in [3.05, 3.63) is 59.1 Å². The molecular weight excluding hydrogens is 360 g/mol. The zero-order valence-electron chi connectivity index (χ0n) is 14.2. The summed E-state index contributed by atoms with van der Waals surface area (Å²) in [6.45, 7) is 2.17. The number of amides is 1. The molecule has 0 spiro atoms. The van der Waals surface area contributed by atoms with Gasteiger partial charge in [0.05, 0.1) is 4.90 Å². The summed E-state index contributed by atoms with van der Waals surface area (Å²) >= 11 is 5.78. The third kappa shape index (κ3) is 5.29. The van der Waals surface area contributed by atoms with E-state index in [9.17, 15) is 13.2 Å². The van der Waals surface area contributed by atoms with E-state index < -0.39 is 10.0 Å². The number of carbonyl (C=O) groups excluding carboxylic acids is 1. The second-order valence-corrected chi connectivity index (χ2v) is 8.23. The molecule has 2 rings (SSSR count). The van der Waals surface area contributed by atoms with E-state index in [2.05, 4.69) is 5.32 Å². The van der Waals surface area contributed by atoms with Gasteiger partial charge in [-0.05, 0) is 49.2 Å². The maximum absolute atomic E-state index is 12.4. The number of benzene rings is 2. The summed E-state index contributed by atoms with van der Waals surface area (Å²) in [5, 5.41) is 3.32. The molecule has 1 N–H and O–H groups in total. The lowest BCUT2D eigenvalue weighted by atomic mass is 10.2. The van der Waals surface area contributed by atoms with Crippen LogP contribution in [0.25, 0.3) is 0 Å². The molecule has 7 heteroatoms. The van der Waals surface area contributed by atoms with Crippen molar-refractivity contribution in [1.82, 2.24) is 4.31 Å². The standard InChI is InChI=1S/C18H21ClN2O3S/c1-14-6-3-4-7-17(14)20-18(22)8-5-13-21(2)25(23,24)16-11-9-15(19)10-12-16/h3-4,6-7,9-12H,5,8,13H2,1-2H3,(H,20,22). The summed E-state index contributed by atoms with van der Waals surface area (Å²) in [5.41, 5.74) is 1.76. The SMILES string of the molecule is Cc1ccccc1NC(=O)CCCN(C)S(=O)(=O)c1ccc(Cl)cc1. The second kappa shape index (κ2) is 8.47. The minimum Gasteiger partial charge on any atom is -0.326 e. The van der Waals surface area contributed by atoms with Crippen molar-refractivity contribution < 1.29 is 13.2 Å². The molecule has 0 aromatic heterocycles. The van der Waals surface area contributed by atoms with E-state index >= 15 is 0 Å². The molecule has 0 fully saturated rings. The van der Waals surface area contributed by atoms with E-state index in [1.54, 1.807) is 0 Å². The van der Waals surface area contributed by atoms with Gasteiger partial charge in [0.2, 0.25) is 15.9 Å². The van der Waals surface area contributed by atoms with Gasteiger partial charge < -0.3 is 5.32 Å². The van der Waals surface area contributed by atoms with Gasteiger partial charge in [0.25, 0.3) is 0 Å². The highest BCUT2D eigenvalue weighted by Gasteiger charge is 2.20. The Balaban J connectivity index is 1.87. The molecule has 0 unspecified atom stereocenters. The van der Waals surface area contributed by atoms with Crippen molar-refractivity contribution in [1.29, 1.82) is 0 Å². The molecule has 2 aromatic carbocycles. The lowest BCUT2D eigenvalue weighted by Crippen LogP contribution is -2.28. The topological polar surface area (TPSA) is 66.5 Å². The minimum atomic E-state index is -3.58. The molecule has 25 heavy (non-hydrogen) atoms. The normalized spacial score (nSPS) is 11.5. The highest BCUT2D eigenvalue weighted by molar-refractivity contribution is 7.89. The fourth-order valence-electron chi connectivity index (χ4n) is 2.29. The lowest BCUT2D eigenvalue weighted by molar-refractivity contribution is -0.116. The van der Waals surface area contributed by atoms with E-state index in [4.69, 9.17) is 11.6 Å². The van der Waals surface area contributed by atoms with Gasteiger partial charge in [-0.1, -0.05) is 29.8 Å². The van der Waals surface area contributed by atoms with E-state index in [0.29, 0.717) is 11.4 Å². The number of aryl methyl sites for hydroxylation is 1. The van der Waals surface area contributed by atoms with Gasteiger partial charge in [-0.3, -0.25) is 4.79 Å². The number of hydrogen-bond acceptors (Lipinski definition) is 3. The molecule has 0 heterocycles. The van der Waals surface area contributed by atoms with E-state index in [0.717, 1.165) is 11.3 Å². The Kier molecular flexibility index (Phi) is 6.58. The molecule has 0 atom stereocenters. The number of rotatable bonds is 7. The van der Waals surface area contributed by atoms with Crippen LogP contribution in [-0.4, -0.2) is 32.2 Å². The average molecular weight is 381 g/mol. The predicted molar refractivity (Wildman–Crippen MR) is 100 cm³/mol. The Morgan fingerprint density at radius 2 is 1.76 bits per heavy atom. The van der Waals surface area contributed by atoms with Crippen molar-refractivity contribution in [2.75, 3.05) is 18.9 Å². The number of sulfonamides is 1.